The molecular weight excluding hydrogens is 406 g/mol. The maximum atomic E-state index is 12.2. The van der Waals surface area contributed by atoms with Crippen LogP contribution in [0.25, 0.3) is 17.0 Å². The lowest BCUT2D eigenvalue weighted by Gasteiger charge is -2.11. The molecule has 0 saturated heterocycles. The number of carbonyl (C=O) groups is 2. The second kappa shape index (κ2) is 9.41. The number of ether oxygens (including phenoxy) is 1. The summed E-state index contributed by atoms with van der Waals surface area (Å²) in [5, 5.41) is 3.88. The molecule has 7 heteroatoms. The van der Waals surface area contributed by atoms with Gasteiger partial charge in [-0.3, -0.25) is 4.79 Å². The van der Waals surface area contributed by atoms with Gasteiger partial charge >= 0.3 is 11.6 Å². The monoisotopic (exact) mass is 425 g/mol. The molecule has 2 aromatic carbocycles. The smallest absolute Gasteiger partial charge is 0.349 e. The third-order valence-corrected chi connectivity index (χ3v) is 4.69. The van der Waals surface area contributed by atoms with Crippen LogP contribution in [0, 0.1) is 0 Å². The average Bonchev–Trinajstić information content (AvgIpc) is 2.72. The SMILES string of the molecule is CCC(C)NC(=O)c1cc2ccc(OC(=O)/C=C/c3ccc(Cl)cc3)cc2oc1=O. The first kappa shape index (κ1) is 21.3. The minimum Gasteiger partial charge on any atom is -0.423 e. The zero-order valence-electron chi connectivity index (χ0n) is 16.5. The van der Waals surface area contributed by atoms with E-state index in [4.69, 9.17) is 20.8 Å². The van der Waals surface area contributed by atoms with Crippen molar-refractivity contribution in [3.05, 3.63) is 81.2 Å². The van der Waals surface area contributed by atoms with Gasteiger partial charge in [0.15, 0.2) is 0 Å². The van der Waals surface area contributed by atoms with Gasteiger partial charge in [-0.05, 0) is 55.3 Å². The van der Waals surface area contributed by atoms with Crippen LogP contribution in [0.2, 0.25) is 5.02 Å². The average molecular weight is 426 g/mol. The number of halogens is 1. The summed E-state index contributed by atoms with van der Waals surface area (Å²) in [6.07, 6.45) is 3.62. The first-order valence-corrected chi connectivity index (χ1v) is 9.77. The standard InChI is InChI=1S/C23H20ClNO5/c1-3-14(2)25-22(27)19-12-16-7-10-18(13-20(16)30-23(19)28)29-21(26)11-6-15-4-8-17(24)9-5-15/h4-14H,3H2,1-2H3,(H,25,27)/b11-6+. The van der Waals surface area contributed by atoms with E-state index in [-0.39, 0.29) is 22.9 Å². The van der Waals surface area contributed by atoms with Crippen molar-refractivity contribution >= 4 is 40.5 Å². The van der Waals surface area contributed by atoms with Gasteiger partial charge in [-0.1, -0.05) is 30.7 Å². The normalized spacial score (nSPS) is 12.1. The molecule has 30 heavy (non-hydrogen) atoms. The predicted molar refractivity (Wildman–Crippen MR) is 116 cm³/mol. The number of hydrogen-bond acceptors (Lipinski definition) is 5. The summed E-state index contributed by atoms with van der Waals surface area (Å²) in [5.74, 6) is -0.854. The fourth-order valence-corrected chi connectivity index (χ4v) is 2.73. The summed E-state index contributed by atoms with van der Waals surface area (Å²) < 4.78 is 10.5. The Morgan fingerprint density at radius 1 is 1.17 bits per heavy atom. The first-order chi connectivity index (χ1) is 14.4. The molecule has 0 bridgehead atoms. The first-order valence-electron chi connectivity index (χ1n) is 9.40. The lowest BCUT2D eigenvalue weighted by Crippen LogP contribution is -2.34. The summed E-state index contributed by atoms with van der Waals surface area (Å²) in [6, 6.07) is 13.0. The van der Waals surface area contributed by atoms with E-state index < -0.39 is 17.5 Å². The van der Waals surface area contributed by atoms with Crippen molar-refractivity contribution in [3.63, 3.8) is 0 Å². The second-order valence-corrected chi connectivity index (χ2v) is 7.17. The molecule has 1 atom stereocenters. The van der Waals surface area contributed by atoms with Crippen LogP contribution in [0.15, 0.2) is 63.8 Å². The largest absolute Gasteiger partial charge is 0.423 e. The Labute approximate surface area is 178 Å². The van der Waals surface area contributed by atoms with Crippen LogP contribution in [0.5, 0.6) is 5.75 Å². The Balaban J connectivity index is 1.76. The summed E-state index contributed by atoms with van der Waals surface area (Å²) in [6.45, 7) is 3.78. The van der Waals surface area contributed by atoms with E-state index in [0.29, 0.717) is 10.4 Å². The van der Waals surface area contributed by atoms with Crippen molar-refractivity contribution in [2.45, 2.75) is 26.3 Å². The van der Waals surface area contributed by atoms with Gasteiger partial charge in [0.1, 0.15) is 16.9 Å². The molecule has 0 fully saturated rings. The molecule has 1 aromatic heterocycles. The van der Waals surface area contributed by atoms with E-state index >= 15 is 0 Å². The summed E-state index contributed by atoms with van der Waals surface area (Å²) in [7, 11) is 0. The molecule has 1 unspecified atom stereocenters. The number of nitrogens with one attached hydrogen (secondary N) is 1. The number of hydrogen-bond donors (Lipinski definition) is 1. The van der Waals surface area contributed by atoms with Crippen LogP contribution in [0.4, 0.5) is 0 Å². The molecule has 1 heterocycles. The van der Waals surface area contributed by atoms with Crippen molar-refractivity contribution < 1.29 is 18.7 Å². The van der Waals surface area contributed by atoms with Gasteiger partial charge in [0.2, 0.25) is 0 Å². The maximum Gasteiger partial charge on any atom is 0.349 e. The molecule has 0 aliphatic rings. The van der Waals surface area contributed by atoms with E-state index in [1.54, 1.807) is 42.5 Å². The van der Waals surface area contributed by atoms with Crippen LogP contribution in [0.3, 0.4) is 0 Å². The Bertz CT molecular complexity index is 1160. The van der Waals surface area contributed by atoms with Crippen LogP contribution >= 0.6 is 11.6 Å². The van der Waals surface area contributed by atoms with E-state index in [2.05, 4.69) is 5.32 Å². The number of amides is 1. The third-order valence-electron chi connectivity index (χ3n) is 4.44. The summed E-state index contributed by atoms with van der Waals surface area (Å²) >= 11 is 5.83. The molecule has 0 saturated carbocycles. The van der Waals surface area contributed by atoms with Gasteiger partial charge in [0.25, 0.3) is 5.91 Å². The van der Waals surface area contributed by atoms with Crippen molar-refractivity contribution in [3.8, 4) is 5.75 Å². The Kier molecular flexibility index (Phi) is 6.69. The van der Waals surface area contributed by atoms with E-state index in [0.717, 1.165) is 12.0 Å². The molecule has 0 aliphatic heterocycles. The molecule has 1 amide bonds. The number of carbonyl (C=O) groups excluding carboxylic acids is 2. The predicted octanol–water partition coefficient (Wildman–Crippen LogP) is 4.59. The number of esters is 1. The highest BCUT2D eigenvalue weighted by molar-refractivity contribution is 6.30. The van der Waals surface area contributed by atoms with E-state index in [1.165, 1.54) is 18.2 Å². The molecule has 154 valence electrons. The van der Waals surface area contributed by atoms with Crippen LogP contribution in [0.1, 0.15) is 36.2 Å². The highest BCUT2D eigenvalue weighted by Crippen LogP contribution is 2.21. The van der Waals surface area contributed by atoms with Crippen LogP contribution < -0.4 is 15.7 Å². The molecule has 1 N–H and O–H groups in total. The Morgan fingerprint density at radius 2 is 1.90 bits per heavy atom. The Hall–Kier alpha value is -3.38. The van der Waals surface area contributed by atoms with Gasteiger partial charge in [0.05, 0.1) is 0 Å². The van der Waals surface area contributed by atoms with Crippen LogP contribution in [-0.2, 0) is 4.79 Å². The topological polar surface area (TPSA) is 85.6 Å². The quantitative estimate of drug-likeness (QED) is 0.270. The van der Waals surface area contributed by atoms with Crippen molar-refractivity contribution in [2.24, 2.45) is 0 Å². The minimum absolute atomic E-state index is 0.0599. The summed E-state index contributed by atoms with van der Waals surface area (Å²) in [4.78, 5) is 36.5. The lowest BCUT2D eigenvalue weighted by molar-refractivity contribution is -0.128. The van der Waals surface area contributed by atoms with Gasteiger partial charge in [-0.2, -0.15) is 0 Å². The molecular formula is C23H20ClNO5. The highest BCUT2D eigenvalue weighted by Gasteiger charge is 2.16. The zero-order valence-corrected chi connectivity index (χ0v) is 17.2. The molecule has 0 radical (unpaired) electrons. The lowest BCUT2D eigenvalue weighted by atomic mass is 10.1. The molecule has 3 aromatic rings. The van der Waals surface area contributed by atoms with Gasteiger partial charge in [-0.15, -0.1) is 0 Å². The fraction of sp³-hybridized carbons (Fsp3) is 0.174. The number of rotatable bonds is 6. The Morgan fingerprint density at radius 3 is 2.60 bits per heavy atom. The summed E-state index contributed by atoms with van der Waals surface area (Å²) in [5.41, 5.74) is 0.184. The van der Waals surface area contributed by atoms with E-state index in [9.17, 15) is 14.4 Å². The van der Waals surface area contributed by atoms with E-state index in [1.807, 2.05) is 13.8 Å². The maximum absolute atomic E-state index is 12.2. The molecule has 3 rings (SSSR count). The number of benzene rings is 2. The third kappa shape index (κ3) is 5.36. The minimum atomic E-state index is -0.755. The number of fused-ring (bicyclic) bond motifs is 1. The molecule has 6 nitrogen and oxygen atoms in total. The zero-order chi connectivity index (χ0) is 21.7. The fourth-order valence-electron chi connectivity index (χ4n) is 2.61. The van der Waals surface area contributed by atoms with Crippen molar-refractivity contribution in [1.82, 2.24) is 5.32 Å². The van der Waals surface area contributed by atoms with Crippen molar-refractivity contribution in [1.29, 1.82) is 0 Å². The second-order valence-electron chi connectivity index (χ2n) is 6.74. The van der Waals surface area contributed by atoms with Gasteiger partial charge in [0, 0.05) is 28.6 Å². The molecule has 0 aliphatic carbocycles. The van der Waals surface area contributed by atoms with Crippen molar-refractivity contribution in [2.75, 3.05) is 0 Å². The van der Waals surface area contributed by atoms with Gasteiger partial charge < -0.3 is 14.5 Å². The van der Waals surface area contributed by atoms with Crippen LogP contribution in [-0.4, -0.2) is 17.9 Å². The molecule has 0 spiro atoms. The highest BCUT2D eigenvalue weighted by atomic mass is 35.5. The van der Waals surface area contributed by atoms with Gasteiger partial charge in [-0.25, -0.2) is 9.59 Å².